The monoisotopic (exact) mass is 431 g/mol. The molecule has 3 aromatic rings. The molecular formula is C25H25N3O4. The zero-order valence-corrected chi connectivity index (χ0v) is 18.1. The fourth-order valence-electron chi connectivity index (χ4n) is 4.20. The maximum Gasteiger partial charge on any atom is 0.236 e. The molecule has 0 spiro atoms. The molecule has 0 radical (unpaired) electrons. The summed E-state index contributed by atoms with van der Waals surface area (Å²) in [6.45, 7) is 0.220. The zero-order valence-electron chi connectivity index (χ0n) is 18.1. The van der Waals surface area contributed by atoms with Crippen LogP contribution >= 0.6 is 0 Å². The molecule has 32 heavy (non-hydrogen) atoms. The van der Waals surface area contributed by atoms with E-state index in [1.165, 1.54) is 0 Å². The number of hydrogen-bond donors (Lipinski definition) is 2. The lowest BCUT2D eigenvalue weighted by Gasteiger charge is -2.19. The van der Waals surface area contributed by atoms with E-state index < -0.39 is 5.41 Å². The highest BCUT2D eigenvalue weighted by molar-refractivity contribution is 6.01. The van der Waals surface area contributed by atoms with Crippen LogP contribution < -0.4 is 24.8 Å². The summed E-state index contributed by atoms with van der Waals surface area (Å²) in [4.78, 5) is 17.6. The highest BCUT2D eigenvalue weighted by Gasteiger charge is 2.51. The average molecular weight is 431 g/mol. The summed E-state index contributed by atoms with van der Waals surface area (Å²) in [6.07, 6.45) is 3.39. The number of amides is 1. The van der Waals surface area contributed by atoms with Crippen molar-refractivity contribution in [2.45, 2.75) is 24.3 Å². The predicted molar refractivity (Wildman–Crippen MR) is 120 cm³/mol. The molecule has 2 N–H and O–H groups in total. The maximum atomic E-state index is 13.1. The van der Waals surface area contributed by atoms with E-state index in [1.807, 2.05) is 61.6 Å². The highest BCUT2D eigenvalue weighted by atomic mass is 16.7. The number of methoxy groups -OCH3 is 1. The Morgan fingerprint density at radius 3 is 2.62 bits per heavy atom. The van der Waals surface area contributed by atoms with Gasteiger partial charge in [-0.2, -0.15) is 0 Å². The molecule has 1 saturated carbocycles. The molecule has 2 aromatic carbocycles. The number of aromatic nitrogens is 1. The Balaban J connectivity index is 1.31. The second-order valence-corrected chi connectivity index (χ2v) is 8.08. The van der Waals surface area contributed by atoms with Gasteiger partial charge in [0.05, 0.1) is 18.6 Å². The number of rotatable bonds is 7. The van der Waals surface area contributed by atoms with Crippen LogP contribution in [0.2, 0.25) is 0 Å². The first kappa shape index (κ1) is 20.3. The second-order valence-electron chi connectivity index (χ2n) is 8.08. The lowest BCUT2D eigenvalue weighted by Crippen LogP contribution is -2.28. The number of benzene rings is 2. The Kier molecular flexibility index (Phi) is 5.19. The number of nitrogens with one attached hydrogen (secondary N) is 2. The maximum absolute atomic E-state index is 13.1. The van der Waals surface area contributed by atoms with Crippen LogP contribution in [-0.2, 0) is 10.2 Å². The first-order valence-electron chi connectivity index (χ1n) is 10.6. The summed E-state index contributed by atoms with van der Waals surface area (Å²) in [5, 5.41) is 6.31. The fraction of sp³-hybridized carbons (Fsp3) is 0.280. The fourth-order valence-corrected chi connectivity index (χ4v) is 4.20. The summed E-state index contributed by atoms with van der Waals surface area (Å²) in [5.41, 5.74) is 2.49. The van der Waals surface area contributed by atoms with E-state index in [-0.39, 0.29) is 18.7 Å². The van der Waals surface area contributed by atoms with E-state index in [4.69, 9.17) is 14.2 Å². The van der Waals surface area contributed by atoms with E-state index in [2.05, 4.69) is 15.6 Å². The third-order valence-corrected chi connectivity index (χ3v) is 6.19. The van der Waals surface area contributed by atoms with Gasteiger partial charge >= 0.3 is 0 Å². The van der Waals surface area contributed by atoms with Crippen LogP contribution in [0.5, 0.6) is 17.2 Å². The van der Waals surface area contributed by atoms with E-state index in [0.717, 1.165) is 41.0 Å². The first-order valence-corrected chi connectivity index (χ1v) is 10.6. The minimum atomic E-state index is -0.532. The molecule has 1 fully saturated rings. The van der Waals surface area contributed by atoms with Crippen LogP contribution in [-0.4, -0.2) is 31.8 Å². The van der Waals surface area contributed by atoms with Crippen molar-refractivity contribution in [2.24, 2.45) is 0 Å². The van der Waals surface area contributed by atoms with Crippen molar-refractivity contribution >= 4 is 11.7 Å². The summed E-state index contributed by atoms with van der Waals surface area (Å²) >= 11 is 0. The average Bonchev–Trinajstić information content (AvgIpc) is 3.51. The summed E-state index contributed by atoms with van der Waals surface area (Å²) < 4.78 is 16.2. The smallest absolute Gasteiger partial charge is 0.236 e. The molecule has 0 saturated heterocycles. The quantitative estimate of drug-likeness (QED) is 0.592. The molecule has 0 bridgehead atoms. The number of pyridine rings is 1. The molecule has 1 aromatic heterocycles. The zero-order chi connectivity index (χ0) is 22.1. The van der Waals surface area contributed by atoms with Gasteiger partial charge in [0.1, 0.15) is 11.6 Å². The second kappa shape index (κ2) is 8.16. The predicted octanol–water partition coefficient (Wildman–Crippen LogP) is 3.80. The topological polar surface area (TPSA) is 81.7 Å². The standard InChI is InChI=1S/C25H25N3O4/c1-26-23(16-4-3-5-19(12-16)30-2)17-6-9-22(27-14-17)28-24(29)25(10-11-25)18-7-8-20-21(13-18)32-15-31-20/h3-9,12-14,23,26H,10-11,15H2,1-2H3,(H,27,28,29). The minimum Gasteiger partial charge on any atom is -0.497 e. The lowest BCUT2D eigenvalue weighted by atomic mass is 9.94. The number of carbonyl (C=O) groups is 1. The molecule has 1 aliphatic carbocycles. The van der Waals surface area contributed by atoms with E-state index in [1.54, 1.807) is 13.3 Å². The third kappa shape index (κ3) is 3.65. The molecule has 1 amide bonds. The van der Waals surface area contributed by atoms with Gasteiger partial charge in [0.25, 0.3) is 0 Å². The van der Waals surface area contributed by atoms with Crippen molar-refractivity contribution in [3.05, 3.63) is 77.5 Å². The SMILES string of the molecule is CNC(c1ccc(NC(=O)C2(c3ccc4c(c3)OCO4)CC2)nc1)c1cccc(OC)c1. The van der Waals surface area contributed by atoms with Crippen molar-refractivity contribution in [1.82, 2.24) is 10.3 Å². The Labute approximate surface area is 186 Å². The Morgan fingerprint density at radius 2 is 1.91 bits per heavy atom. The van der Waals surface area contributed by atoms with E-state index >= 15 is 0 Å². The minimum absolute atomic E-state index is 0.0363. The van der Waals surface area contributed by atoms with Gasteiger partial charge in [0.2, 0.25) is 12.7 Å². The molecule has 5 rings (SSSR count). The van der Waals surface area contributed by atoms with Crippen LogP contribution in [0.15, 0.2) is 60.8 Å². The lowest BCUT2D eigenvalue weighted by molar-refractivity contribution is -0.118. The van der Waals surface area contributed by atoms with Gasteiger partial charge in [-0.3, -0.25) is 4.79 Å². The molecule has 1 atom stereocenters. The molecule has 2 heterocycles. The third-order valence-electron chi connectivity index (χ3n) is 6.19. The van der Waals surface area contributed by atoms with Gasteiger partial charge in [-0.05, 0) is 66.9 Å². The van der Waals surface area contributed by atoms with Gasteiger partial charge in [0.15, 0.2) is 11.5 Å². The molecule has 7 heteroatoms. The largest absolute Gasteiger partial charge is 0.497 e. The van der Waals surface area contributed by atoms with Gasteiger partial charge in [0, 0.05) is 6.20 Å². The van der Waals surface area contributed by atoms with Gasteiger partial charge < -0.3 is 24.8 Å². The van der Waals surface area contributed by atoms with Crippen LogP contribution in [0.3, 0.4) is 0 Å². The van der Waals surface area contributed by atoms with Gasteiger partial charge in [-0.25, -0.2) is 4.98 Å². The number of hydrogen-bond acceptors (Lipinski definition) is 6. The molecule has 2 aliphatic rings. The number of nitrogens with zero attached hydrogens (tertiary/aromatic N) is 1. The van der Waals surface area contributed by atoms with Crippen molar-refractivity contribution in [1.29, 1.82) is 0 Å². The van der Waals surface area contributed by atoms with Crippen LogP contribution in [0.4, 0.5) is 5.82 Å². The molecule has 7 nitrogen and oxygen atoms in total. The highest BCUT2D eigenvalue weighted by Crippen LogP contribution is 2.51. The van der Waals surface area contributed by atoms with E-state index in [9.17, 15) is 4.79 Å². The first-order chi connectivity index (χ1) is 15.6. The van der Waals surface area contributed by atoms with Crippen molar-refractivity contribution in [2.75, 3.05) is 26.3 Å². The van der Waals surface area contributed by atoms with Crippen LogP contribution in [0.25, 0.3) is 0 Å². The molecule has 1 unspecified atom stereocenters. The van der Waals surface area contributed by atoms with Crippen molar-refractivity contribution < 1.29 is 19.0 Å². The van der Waals surface area contributed by atoms with Crippen LogP contribution in [0.1, 0.15) is 35.6 Å². The van der Waals surface area contributed by atoms with Crippen molar-refractivity contribution in [3.63, 3.8) is 0 Å². The van der Waals surface area contributed by atoms with Crippen molar-refractivity contribution in [3.8, 4) is 17.2 Å². The summed E-state index contributed by atoms with van der Waals surface area (Å²) in [5.74, 6) is 2.70. The summed E-state index contributed by atoms with van der Waals surface area (Å²) in [6, 6.07) is 17.4. The van der Waals surface area contributed by atoms with Gasteiger partial charge in [-0.15, -0.1) is 0 Å². The summed E-state index contributed by atoms with van der Waals surface area (Å²) in [7, 11) is 3.56. The number of ether oxygens (including phenoxy) is 3. The Bertz CT molecular complexity index is 1140. The normalized spacial score (nSPS) is 16.3. The number of anilines is 1. The number of fused-ring (bicyclic) bond motifs is 1. The Hall–Kier alpha value is -3.58. The van der Waals surface area contributed by atoms with Crippen LogP contribution in [0, 0.1) is 0 Å². The number of carbonyl (C=O) groups excluding carboxylic acids is 1. The molecular weight excluding hydrogens is 406 g/mol. The molecule has 1 aliphatic heterocycles. The van der Waals surface area contributed by atoms with Gasteiger partial charge in [-0.1, -0.05) is 24.3 Å². The molecule has 164 valence electrons. The Morgan fingerprint density at radius 1 is 1.06 bits per heavy atom. The van der Waals surface area contributed by atoms with E-state index in [0.29, 0.717) is 11.6 Å².